The summed E-state index contributed by atoms with van der Waals surface area (Å²) in [4.78, 5) is 27.1. The minimum Gasteiger partial charge on any atom is -0.396 e. The molecular weight excluding hydrogens is 273 g/mol. The van der Waals surface area contributed by atoms with Crippen molar-refractivity contribution in [3.63, 3.8) is 0 Å². The Morgan fingerprint density at radius 1 is 1.32 bits per heavy atom. The van der Waals surface area contributed by atoms with E-state index in [0.29, 0.717) is 21.8 Å². The third-order valence-electron chi connectivity index (χ3n) is 2.47. The van der Waals surface area contributed by atoms with Gasteiger partial charge < -0.3 is 5.11 Å². The molecule has 2 heterocycles. The lowest BCUT2D eigenvalue weighted by Gasteiger charge is -2.06. The summed E-state index contributed by atoms with van der Waals surface area (Å²) in [5, 5.41) is 8.77. The van der Waals surface area contributed by atoms with Gasteiger partial charge in [-0.15, -0.1) is 3.89 Å². The number of halogens is 1. The fourth-order valence-electron chi connectivity index (χ4n) is 1.54. The first kappa shape index (κ1) is 13.5. The number of pyridine rings is 1. The molecule has 0 bridgehead atoms. The van der Waals surface area contributed by atoms with Crippen molar-refractivity contribution in [3.8, 4) is 5.69 Å². The smallest absolute Gasteiger partial charge is 0.347 e. The molecular formula is C11H10FN3O3S. The first-order valence-electron chi connectivity index (χ1n) is 5.37. The Hall–Kier alpha value is -1.93. The van der Waals surface area contributed by atoms with Gasteiger partial charge in [0.15, 0.2) is 12.3 Å². The Balaban J connectivity index is 2.47. The fourth-order valence-corrected chi connectivity index (χ4v) is 1.82. The molecule has 0 aliphatic heterocycles. The van der Waals surface area contributed by atoms with E-state index in [1.54, 1.807) is 12.1 Å². The Kier molecular flexibility index (Phi) is 4.13. The van der Waals surface area contributed by atoms with Gasteiger partial charge in [0, 0.05) is 31.0 Å². The van der Waals surface area contributed by atoms with Crippen molar-refractivity contribution in [2.75, 3.05) is 6.61 Å². The second-order valence-electron chi connectivity index (χ2n) is 3.65. The molecule has 8 heteroatoms. The van der Waals surface area contributed by atoms with Crippen molar-refractivity contribution in [1.29, 1.82) is 0 Å². The molecule has 2 aromatic heterocycles. The summed E-state index contributed by atoms with van der Waals surface area (Å²) in [5.41, 5.74) is -0.433. The average molecular weight is 283 g/mol. The quantitative estimate of drug-likeness (QED) is 0.874. The third kappa shape index (κ3) is 2.74. The summed E-state index contributed by atoms with van der Waals surface area (Å²) in [6.07, 6.45) is 3.10. The highest BCUT2D eigenvalue weighted by atomic mass is 32.2. The van der Waals surface area contributed by atoms with Crippen molar-refractivity contribution in [2.45, 2.75) is 6.42 Å². The summed E-state index contributed by atoms with van der Waals surface area (Å²) in [6, 6.07) is 4.35. The first-order valence-corrected chi connectivity index (χ1v) is 6.04. The zero-order valence-corrected chi connectivity index (χ0v) is 10.5. The number of aromatic nitrogens is 3. The van der Waals surface area contributed by atoms with Crippen LogP contribution in [0.15, 0.2) is 40.2 Å². The predicted octanol–water partition coefficient (Wildman–Crippen LogP) is 0.310. The molecule has 2 aromatic rings. The molecule has 0 radical (unpaired) electrons. The second-order valence-corrected chi connectivity index (χ2v) is 4.15. The maximum absolute atomic E-state index is 12.5. The van der Waals surface area contributed by atoms with Crippen LogP contribution in [0, 0.1) is 0 Å². The van der Waals surface area contributed by atoms with E-state index in [1.165, 1.54) is 12.4 Å². The van der Waals surface area contributed by atoms with Crippen LogP contribution in [0.2, 0.25) is 0 Å². The van der Waals surface area contributed by atoms with Gasteiger partial charge in [-0.3, -0.25) is 14.3 Å². The molecule has 0 aliphatic rings. The summed E-state index contributed by atoms with van der Waals surface area (Å²) >= 11 is -0.440. The van der Waals surface area contributed by atoms with Crippen molar-refractivity contribution in [2.24, 2.45) is 0 Å². The van der Waals surface area contributed by atoms with Crippen molar-refractivity contribution < 1.29 is 8.99 Å². The Morgan fingerprint density at radius 2 is 2.11 bits per heavy atom. The molecule has 0 fully saturated rings. The number of aliphatic hydroxyl groups excluding tert-OH is 1. The average Bonchev–Trinajstić information content (AvgIpc) is 2.41. The molecule has 0 amide bonds. The van der Waals surface area contributed by atoms with Gasteiger partial charge in [0.05, 0.1) is 11.9 Å². The van der Waals surface area contributed by atoms with Crippen LogP contribution >= 0.6 is 12.3 Å². The van der Waals surface area contributed by atoms with E-state index in [4.69, 9.17) is 5.11 Å². The van der Waals surface area contributed by atoms with Crippen molar-refractivity contribution in [3.05, 3.63) is 57.1 Å². The van der Waals surface area contributed by atoms with Crippen LogP contribution < -0.4 is 11.2 Å². The topological polar surface area (TPSA) is 77.1 Å². The zero-order valence-electron chi connectivity index (χ0n) is 9.69. The van der Waals surface area contributed by atoms with E-state index in [1.807, 2.05) is 0 Å². The number of hydrogen-bond acceptors (Lipinski definition) is 5. The third-order valence-corrected chi connectivity index (χ3v) is 2.94. The summed E-state index contributed by atoms with van der Waals surface area (Å²) in [5.74, 6) is 0. The van der Waals surface area contributed by atoms with Gasteiger partial charge in [-0.25, -0.2) is 4.79 Å². The number of hydrogen-bond donors (Lipinski definition) is 1. The minimum atomic E-state index is -0.795. The Bertz CT molecular complexity index is 681. The molecule has 0 atom stereocenters. The van der Waals surface area contributed by atoms with Gasteiger partial charge in [0.1, 0.15) is 0 Å². The maximum atomic E-state index is 12.5. The standard InChI is InChI=1S/C11H10FN3O3S/c12-19-15-10(17)3-5-14(11(15)18)9-2-1-8(4-6-16)13-7-9/h1-3,5,7,16H,4,6H2. The van der Waals surface area contributed by atoms with Crippen LogP contribution in [0.1, 0.15) is 5.69 Å². The molecule has 2 rings (SSSR count). The Labute approximate surface area is 111 Å². The lowest BCUT2D eigenvalue weighted by molar-refractivity contribution is 0.298. The monoisotopic (exact) mass is 283 g/mol. The van der Waals surface area contributed by atoms with Gasteiger partial charge in [0.2, 0.25) is 0 Å². The van der Waals surface area contributed by atoms with Crippen LogP contribution in [0.4, 0.5) is 3.89 Å². The summed E-state index contributed by atoms with van der Waals surface area (Å²) in [7, 11) is 0. The molecule has 0 aliphatic carbocycles. The van der Waals surface area contributed by atoms with E-state index in [2.05, 4.69) is 4.98 Å². The van der Waals surface area contributed by atoms with Gasteiger partial charge in [-0.05, 0) is 12.1 Å². The molecule has 0 saturated heterocycles. The molecule has 0 unspecified atom stereocenters. The van der Waals surface area contributed by atoms with Crippen molar-refractivity contribution in [1.82, 2.24) is 13.5 Å². The van der Waals surface area contributed by atoms with Crippen LogP contribution in [0.5, 0.6) is 0 Å². The highest BCUT2D eigenvalue weighted by molar-refractivity contribution is 7.92. The van der Waals surface area contributed by atoms with E-state index >= 15 is 0 Å². The lowest BCUT2D eigenvalue weighted by atomic mass is 10.2. The van der Waals surface area contributed by atoms with Crippen LogP contribution in [-0.2, 0) is 6.42 Å². The van der Waals surface area contributed by atoms with Crippen LogP contribution in [0.3, 0.4) is 0 Å². The molecule has 19 heavy (non-hydrogen) atoms. The predicted molar refractivity (Wildman–Crippen MR) is 69.0 cm³/mol. The number of aliphatic hydroxyl groups is 1. The van der Waals surface area contributed by atoms with Gasteiger partial charge in [-0.1, -0.05) is 0 Å². The van der Waals surface area contributed by atoms with E-state index < -0.39 is 23.6 Å². The molecule has 100 valence electrons. The molecule has 1 N–H and O–H groups in total. The molecule has 0 spiro atoms. The molecule has 6 nitrogen and oxygen atoms in total. The van der Waals surface area contributed by atoms with E-state index in [9.17, 15) is 13.5 Å². The zero-order chi connectivity index (χ0) is 13.8. The van der Waals surface area contributed by atoms with Gasteiger partial charge in [-0.2, -0.15) is 3.97 Å². The van der Waals surface area contributed by atoms with E-state index in [0.717, 1.165) is 10.6 Å². The molecule has 0 aromatic carbocycles. The minimum absolute atomic E-state index is 0.0182. The normalized spacial score (nSPS) is 10.6. The largest absolute Gasteiger partial charge is 0.396 e. The first-order chi connectivity index (χ1) is 9.17. The SMILES string of the molecule is O=c1ccn(-c2ccc(CCO)nc2)c(=O)n1SF. The van der Waals surface area contributed by atoms with E-state index in [-0.39, 0.29) is 6.61 Å². The highest BCUT2D eigenvalue weighted by Gasteiger charge is 2.07. The lowest BCUT2D eigenvalue weighted by Crippen LogP contribution is -2.34. The van der Waals surface area contributed by atoms with Crippen molar-refractivity contribution >= 4 is 12.3 Å². The second kappa shape index (κ2) is 5.81. The summed E-state index contributed by atoms with van der Waals surface area (Å²) < 4.78 is 14.0. The van der Waals surface area contributed by atoms with Crippen LogP contribution in [0.25, 0.3) is 5.69 Å². The highest BCUT2D eigenvalue weighted by Crippen LogP contribution is 2.05. The summed E-state index contributed by atoms with van der Waals surface area (Å²) in [6.45, 7) is -0.0182. The van der Waals surface area contributed by atoms with Gasteiger partial charge >= 0.3 is 5.69 Å². The van der Waals surface area contributed by atoms with Gasteiger partial charge in [0.25, 0.3) is 5.56 Å². The number of rotatable bonds is 4. The Morgan fingerprint density at radius 3 is 2.68 bits per heavy atom. The van der Waals surface area contributed by atoms with Crippen LogP contribution in [-0.4, -0.2) is 25.2 Å². The maximum Gasteiger partial charge on any atom is 0.347 e. The molecule has 0 saturated carbocycles. The fraction of sp³-hybridized carbons (Fsp3) is 0.182. The number of nitrogens with zero attached hydrogens (tertiary/aromatic N) is 3.